The van der Waals surface area contributed by atoms with Gasteiger partial charge in [-0.3, -0.25) is 4.79 Å². The summed E-state index contributed by atoms with van der Waals surface area (Å²) in [5, 5.41) is 0.652. The summed E-state index contributed by atoms with van der Waals surface area (Å²) in [6.45, 7) is 0. The van der Waals surface area contributed by atoms with Gasteiger partial charge in [-0.25, -0.2) is 0 Å². The molecule has 0 aliphatic rings. The van der Waals surface area contributed by atoms with Crippen LogP contribution in [0.5, 0.6) is 0 Å². The van der Waals surface area contributed by atoms with Gasteiger partial charge in [-0.15, -0.1) is 11.8 Å². The van der Waals surface area contributed by atoms with Crippen LogP contribution in [0.4, 0.5) is 0 Å². The van der Waals surface area contributed by atoms with Crippen molar-refractivity contribution in [2.45, 2.75) is 18.2 Å². The summed E-state index contributed by atoms with van der Waals surface area (Å²) < 4.78 is 5.21. The predicted molar refractivity (Wildman–Crippen MR) is 83.0 cm³/mol. The molecule has 0 amide bonds. The Morgan fingerprint density at radius 2 is 2.10 bits per heavy atom. The first-order valence-corrected chi connectivity index (χ1v) is 7.82. The van der Waals surface area contributed by atoms with E-state index in [0.29, 0.717) is 22.9 Å². The summed E-state index contributed by atoms with van der Waals surface area (Å²) in [4.78, 5) is 12.0. The number of hydrogen-bond acceptors (Lipinski definition) is 4. The second-order valence-electron chi connectivity index (χ2n) is 4.44. The zero-order valence-corrected chi connectivity index (χ0v) is 12.5. The highest BCUT2D eigenvalue weighted by Crippen LogP contribution is 2.17. The largest absolute Gasteiger partial charge is 0.468 e. The third-order valence-electron chi connectivity index (χ3n) is 2.88. The Morgan fingerprint density at radius 3 is 2.80 bits per heavy atom. The van der Waals surface area contributed by atoms with E-state index in [1.165, 1.54) is 11.8 Å². The summed E-state index contributed by atoms with van der Waals surface area (Å²) in [5.74, 6) is 1.95. The van der Waals surface area contributed by atoms with Crippen molar-refractivity contribution in [3.8, 4) is 0 Å². The third-order valence-corrected chi connectivity index (χ3v) is 4.23. The Hall–Kier alpha value is -1.23. The van der Waals surface area contributed by atoms with Gasteiger partial charge in [0.1, 0.15) is 5.76 Å². The van der Waals surface area contributed by atoms with Gasteiger partial charge in [0, 0.05) is 5.02 Å². The van der Waals surface area contributed by atoms with Gasteiger partial charge < -0.3 is 10.2 Å². The van der Waals surface area contributed by atoms with Gasteiger partial charge in [0.25, 0.3) is 0 Å². The summed E-state index contributed by atoms with van der Waals surface area (Å²) in [5.41, 5.74) is 6.84. The third kappa shape index (κ3) is 4.40. The fourth-order valence-electron chi connectivity index (χ4n) is 1.77. The Morgan fingerprint density at radius 1 is 1.30 bits per heavy atom. The molecule has 0 bridgehead atoms. The fourth-order valence-corrected chi connectivity index (χ4v) is 2.86. The first-order valence-electron chi connectivity index (χ1n) is 6.28. The number of furan rings is 1. The SMILES string of the molecule is NC(Cc1ccccc1Cl)C(=O)CSCc1ccco1. The van der Waals surface area contributed by atoms with Crippen molar-refractivity contribution < 1.29 is 9.21 Å². The Balaban J connectivity index is 1.79. The van der Waals surface area contributed by atoms with Crippen molar-refractivity contribution >= 4 is 29.1 Å². The van der Waals surface area contributed by atoms with Crippen LogP contribution in [0.15, 0.2) is 47.1 Å². The number of hydrogen-bond donors (Lipinski definition) is 1. The first-order chi connectivity index (χ1) is 9.66. The van der Waals surface area contributed by atoms with E-state index in [0.717, 1.165) is 11.3 Å². The number of carbonyl (C=O) groups excluding carboxylic acids is 1. The molecule has 1 heterocycles. The molecule has 1 aromatic heterocycles. The molecule has 0 aliphatic carbocycles. The zero-order valence-electron chi connectivity index (χ0n) is 10.9. The smallest absolute Gasteiger partial charge is 0.159 e. The Bertz CT molecular complexity index is 557. The molecule has 0 fully saturated rings. The number of halogens is 1. The number of Topliss-reactive ketones (excluding diaryl/α,β-unsaturated/α-hetero) is 1. The molecule has 0 saturated heterocycles. The fraction of sp³-hybridized carbons (Fsp3) is 0.267. The van der Waals surface area contributed by atoms with Crippen LogP contribution in [0.3, 0.4) is 0 Å². The van der Waals surface area contributed by atoms with Gasteiger partial charge in [0.2, 0.25) is 0 Å². The van der Waals surface area contributed by atoms with Crippen LogP contribution >= 0.6 is 23.4 Å². The van der Waals surface area contributed by atoms with E-state index < -0.39 is 6.04 Å². The Kier molecular flexibility index (Phi) is 5.71. The van der Waals surface area contributed by atoms with Gasteiger partial charge >= 0.3 is 0 Å². The quantitative estimate of drug-likeness (QED) is 0.852. The van der Waals surface area contributed by atoms with Crippen molar-refractivity contribution in [2.75, 3.05) is 5.75 Å². The topological polar surface area (TPSA) is 56.2 Å². The van der Waals surface area contributed by atoms with Crippen LogP contribution in [-0.4, -0.2) is 17.6 Å². The highest BCUT2D eigenvalue weighted by molar-refractivity contribution is 7.99. The van der Waals surface area contributed by atoms with Crippen LogP contribution in [0.2, 0.25) is 5.02 Å². The molecule has 2 N–H and O–H groups in total. The van der Waals surface area contributed by atoms with Crippen molar-refractivity contribution in [2.24, 2.45) is 5.73 Å². The molecule has 106 valence electrons. The predicted octanol–water partition coefficient (Wildman–Crippen LogP) is 3.31. The lowest BCUT2D eigenvalue weighted by Gasteiger charge is -2.11. The normalized spacial score (nSPS) is 12.3. The van der Waals surface area contributed by atoms with E-state index in [-0.39, 0.29) is 5.78 Å². The minimum atomic E-state index is -0.515. The van der Waals surface area contributed by atoms with Crippen LogP contribution < -0.4 is 5.73 Å². The highest BCUT2D eigenvalue weighted by Gasteiger charge is 2.15. The van der Waals surface area contributed by atoms with E-state index in [1.807, 2.05) is 30.3 Å². The van der Waals surface area contributed by atoms with Crippen LogP contribution in [0.1, 0.15) is 11.3 Å². The molecule has 0 aliphatic heterocycles. The van der Waals surface area contributed by atoms with Crippen molar-refractivity contribution in [1.82, 2.24) is 0 Å². The maximum Gasteiger partial charge on any atom is 0.159 e. The molecular weight excluding hydrogens is 294 g/mol. The summed E-state index contributed by atoms with van der Waals surface area (Å²) in [6, 6.07) is 10.7. The van der Waals surface area contributed by atoms with Gasteiger partial charge in [-0.2, -0.15) is 0 Å². The molecule has 1 aromatic carbocycles. The van der Waals surface area contributed by atoms with Gasteiger partial charge in [-0.05, 0) is 30.2 Å². The molecule has 0 spiro atoms. The second kappa shape index (κ2) is 7.53. The molecule has 2 rings (SSSR count). The van der Waals surface area contributed by atoms with E-state index in [4.69, 9.17) is 21.8 Å². The molecule has 20 heavy (non-hydrogen) atoms. The average molecular weight is 310 g/mol. The number of thioether (sulfide) groups is 1. The van der Waals surface area contributed by atoms with E-state index in [1.54, 1.807) is 12.3 Å². The van der Waals surface area contributed by atoms with Gasteiger partial charge in [0.15, 0.2) is 5.78 Å². The summed E-state index contributed by atoms with van der Waals surface area (Å²) in [6.07, 6.45) is 2.10. The first kappa shape index (κ1) is 15.2. The van der Waals surface area contributed by atoms with E-state index in [9.17, 15) is 4.79 Å². The van der Waals surface area contributed by atoms with E-state index in [2.05, 4.69) is 0 Å². The molecular formula is C15H16ClNO2S. The molecule has 3 nitrogen and oxygen atoms in total. The maximum atomic E-state index is 12.0. The van der Waals surface area contributed by atoms with E-state index >= 15 is 0 Å². The van der Waals surface area contributed by atoms with Gasteiger partial charge in [0.05, 0.1) is 23.8 Å². The minimum absolute atomic E-state index is 0.0291. The Labute approximate surface area is 127 Å². The molecule has 1 unspecified atom stereocenters. The van der Waals surface area contributed by atoms with Crippen LogP contribution in [0, 0.1) is 0 Å². The number of benzene rings is 1. The summed E-state index contributed by atoms with van der Waals surface area (Å²) in [7, 11) is 0. The summed E-state index contributed by atoms with van der Waals surface area (Å²) >= 11 is 7.57. The van der Waals surface area contributed by atoms with Crippen molar-refractivity contribution in [3.05, 3.63) is 59.0 Å². The molecule has 0 radical (unpaired) electrons. The second-order valence-corrected chi connectivity index (χ2v) is 5.83. The maximum absolute atomic E-state index is 12.0. The monoisotopic (exact) mass is 309 g/mol. The molecule has 1 atom stereocenters. The standard InChI is InChI=1S/C15H16ClNO2S/c16-13-6-2-1-4-11(13)8-14(17)15(18)10-20-9-12-5-3-7-19-12/h1-7,14H,8-10,17H2. The lowest BCUT2D eigenvalue weighted by molar-refractivity contribution is -0.117. The number of nitrogens with two attached hydrogens (primary N) is 1. The number of rotatable bonds is 7. The highest BCUT2D eigenvalue weighted by atomic mass is 35.5. The van der Waals surface area contributed by atoms with Crippen LogP contribution in [-0.2, 0) is 17.0 Å². The minimum Gasteiger partial charge on any atom is -0.468 e. The molecule has 0 saturated carbocycles. The molecule has 2 aromatic rings. The number of carbonyl (C=O) groups is 1. The van der Waals surface area contributed by atoms with Crippen LogP contribution in [0.25, 0.3) is 0 Å². The average Bonchev–Trinajstić information content (AvgIpc) is 2.94. The number of ketones is 1. The van der Waals surface area contributed by atoms with Gasteiger partial charge in [-0.1, -0.05) is 29.8 Å². The zero-order chi connectivity index (χ0) is 14.4. The molecule has 5 heteroatoms. The van der Waals surface area contributed by atoms with Crippen molar-refractivity contribution in [1.29, 1.82) is 0 Å². The lowest BCUT2D eigenvalue weighted by atomic mass is 10.0. The lowest BCUT2D eigenvalue weighted by Crippen LogP contribution is -2.34. The van der Waals surface area contributed by atoms with Crippen molar-refractivity contribution in [3.63, 3.8) is 0 Å².